The Hall–Kier alpha value is -2.82. The summed E-state index contributed by atoms with van der Waals surface area (Å²) >= 11 is 0. The van der Waals surface area contributed by atoms with Crippen LogP contribution in [-0.4, -0.2) is 33.8 Å². The lowest BCUT2D eigenvalue weighted by Crippen LogP contribution is -2.36. The average Bonchev–Trinajstić information content (AvgIpc) is 3.04. The second-order valence-corrected chi connectivity index (χ2v) is 6.35. The molecule has 0 aliphatic carbocycles. The molecular formula is C20H21N3O2. The van der Waals surface area contributed by atoms with Gasteiger partial charge in [0.2, 0.25) is 5.91 Å². The third-order valence-electron chi connectivity index (χ3n) is 4.79. The topological polar surface area (TPSA) is 46.8 Å². The zero-order valence-electron chi connectivity index (χ0n) is 14.3. The molecule has 1 amide bonds. The van der Waals surface area contributed by atoms with Crippen LogP contribution in [0, 0.1) is 0 Å². The summed E-state index contributed by atoms with van der Waals surface area (Å²) in [5.41, 5.74) is 4.33. The first kappa shape index (κ1) is 15.7. The Morgan fingerprint density at radius 1 is 1.24 bits per heavy atom. The molecule has 0 saturated carbocycles. The minimum Gasteiger partial charge on any atom is -0.497 e. The van der Waals surface area contributed by atoms with Crippen LogP contribution in [0.4, 0.5) is 0 Å². The van der Waals surface area contributed by atoms with Crippen molar-refractivity contribution in [1.29, 1.82) is 0 Å². The molecule has 1 aliphatic heterocycles. The van der Waals surface area contributed by atoms with E-state index >= 15 is 0 Å². The van der Waals surface area contributed by atoms with Crippen LogP contribution in [0.25, 0.3) is 5.65 Å². The first-order chi connectivity index (χ1) is 12.2. The second-order valence-electron chi connectivity index (χ2n) is 6.35. The molecule has 1 aliphatic rings. The molecule has 5 nitrogen and oxygen atoms in total. The van der Waals surface area contributed by atoms with E-state index in [0.29, 0.717) is 13.0 Å². The zero-order valence-corrected chi connectivity index (χ0v) is 14.3. The lowest BCUT2D eigenvalue weighted by atomic mass is 10.1. The summed E-state index contributed by atoms with van der Waals surface area (Å²) in [6, 6.07) is 13.9. The third-order valence-corrected chi connectivity index (χ3v) is 4.79. The lowest BCUT2D eigenvalue weighted by molar-refractivity contribution is -0.132. The summed E-state index contributed by atoms with van der Waals surface area (Å²) in [6.07, 6.45) is 4.08. The van der Waals surface area contributed by atoms with Crippen LogP contribution < -0.4 is 4.74 Å². The number of nitrogens with zero attached hydrogens (tertiary/aromatic N) is 3. The van der Waals surface area contributed by atoms with Crippen molar-refractivity contribution in [2.45, 2.75) is 25.8 Å². The summed E-state index contributed by atoms with van der Waals surface area (Å²) in [6.45, 7) is 1.38. The Balaban J connectivity index is 1.45. The number of benzene rings is 1. The number of fused-ring (bicyclic) bond motifs is 3. The zero-order chi connectivity index (χ0) is 17.2. The summed E-state index contributed by atoms with van der Waals surface area (Å²) in [7, 11) is 1.66. The van der Waals surface area contributed by atoms with Crippen molar-refractivity contribution in [3.63, 3.8) is 0 Å². The number of rotatable bonds is 4. The molecule has 0 radical (unpaired) electrons. The highest BCUT2D eigenvalue weighted by molar-refractivity contribution is 5.76. The van der Waals surface area contributed by atoms with Gasteiger partial charge < -0.3 is 14.0 Å². The van der Waals surface area contributed by atoms with E-state index in [-0.39, 0.29) is 5.91 Å². The fourth-order valence-corrected chi connectivity index (χ4v) is 3.41. The lowest BCUT2D eigenvalue weighted by Gasteiger charge is -2.27. The van der Waals surface area contributed by atoms with Crippen LogP contribution >= 0.6 is 0 Å². The first-order valence-corrected chi connectivity index (χ1v) is 8.60. The number of ether oxygens (including phenoxy) is 1. The van der Waals surface area contributed by atoms with Crippen molar-refractivity contribution in [1.82, 2.24) is 14.3 Å². The Labute approximate surface area is 146 Å². The predicted octanol–water partition coefficient (Wildman–Crippen LogP) is 2.86. The van der Waals surface area contributed by atoms with Crippen LogP contribution in [-0.2, 0) is 24.2 Å². The number of carbonyl (C=O) groups is 1. The molecular weight excluding hydrogens is 314 g/mol. The van der Waals surface area contributed by atoms with Gasteiger partial charge in [0.15, 0.2) is 0 Å². The maximum Gasteiger partial charge on any atom is 0.223 e. The molecule has 0 spiro atoms. The number of carbonyl (C=O) groups excluding carboxylic acids is 1. The molecule has 2 aromatic heterocycles. The fourth-order valence-electron chi connectivity index (χ4n) is 3.41. The molecule has 0 saturated heterocycles. The van der Waals surface area contributed by atoms with Gasteiger partial charge in [-0.3, -0.25) is 4.79 Å². The smallest absolute Gasteiger partial charge is 0.223 e. The van der Waals surface area contributed by atoms with Gasteiger partial charge in [-0.05, 0) is 36.2 Å². The number of methoxy groups -OCH3 is 1. The molecule has 0 fully saturated rings. The van der Waals surface area contributed by atoms with Gasteiger partial charge in [-0.15, -0.1) is 0 Å². The molecule has 0 unspecified atom stereocenters. The maximum atomic E-state index is 12.7. The summed E-state index contributed by atoms with van der Waals surface area (Å²) in [5.74, 6) is 1.03. The van der Waals surface area contributed by atoms with E-state index in [9.17, 15) is 4.79 Å². The average molecular weight is 335 g/mol. The van der Waals surface area contributed by atoms with Crippen molar-refractivity contribution in [3.05, 3.63) is 65.6 Å². The minimum atomic E-state index is 0.194. The van der Waals surface area contributed by atoms with Gasteiger partial charge in [-0.1, -0.05) is 18.2 Å². The van der Waals surface area contributed by atoms with Gasteiger partial charge >= 0.3 is 0 Å². The van der Waals surface area contributed by atoms with E-state index in [1.54, 1.807) is 7.11 Å². The Morgan fingerprint density at radius 2 is 2.16 bits per heavy atom. The normalized spacial score (nSPS) is 13.7. The Kier molecular flexibility index (Phi) is 4.14. The molecule has 128 valence electrons. The van der Waals surface area contributed by atoms with E-state index in [1.165, 1.54) is 0 Å². The number of imidazole rings is 1. The largest absolute Gasteiger partial charge is 0.497 e. The predicted molar refractivity (Wildman–Crippen MR) is 95.6 cm³/mol. The van der Waals surface area contributed by atoms with Gasteiger partial charge in [0, 0.05) is 25.6 Å². The number of aromatic nitrogens is 2. The van der Waals surface area contributed by atoms with Crippen molar-refractivity contribution in [3.8, 4) is 5.75 Å². The Morgan fingerprint density at radius 3 is 3.04 bits per heavy atom. The number of aryl methyl sites for hydroxylation is 1. The van der Waals surface area contributed by atoms with Crippen LogP contribution in [0.15, 0.2) is 48.7 Å². The van der Waals surface area contributed by atoms with Crippen LogP contribution in [0.3, 0.4) is 0 Å². The van der Waals surface area contributed by atoms with Gasteiger partial charge in [-0.25, -0.2) is 4.98 Å². The van der Waals surface area contributed by atoms with Crippen molar-refractivity contribution in [2.24, 2.45) is 0 Å². The van der Waals surface area contributed by atoms with E-state index in [1.807, 2.05) is 53.6 Å². The van der Waals surface area contributed by atoms with Gasteiger partial charge in [0.1, 0.15) is 11.4 Å². The number of hydrogen-bond acceptors (Lipinski definition) is 3. The number of pyridine rings is 1. The standard InChI is InChI=1S/C20H21N3O2/c1-25-16-6-4-5-15(13-16)8-9-20(24)22-12-10-17-18(14-22)23-11-3-2-7-19(23)21-17/h2-7,11,13H,8-10,12,14H2,1H3. The van der Waals surface area contributed by atoms with Crippen LogP contribution in [0.2, 0.25) is 0 Å². The highest BCUT2D eigenvalue weighted by Gasteiger charge is 2.24. The van der Waals surface area contributed by atoms with Crippen LogP contribution in [0.5, 0.6) is 5.75 Å². The molecule has 25 heavy (non-hydrogen) atoms. The molecule has 0 bridgehead atoms. The maximum absolute atomic E-state index is 12.7. The van der Waals surface area contributed by atoms with E-state index in [4.69, 9.17) is 4.74 Å². The molecule has 4 rings (SSSR count). The molecule has 0 N–H and O–H groups in total. The SMILES string of the molecule is COc1cccc(CCC(=O)N2CCc3nc4ccccn4c3C2)c1. The quantitative estimate of drug-likeness (QED) is 0.736. The first-order valence-electron chi connectivity index (χ1n) is 8.60. The molecule has 5 heteroatoms. The van der Waals surface area contributed by atoms with Crippen molar-refractivity contribution in [2.75, 3.05) is 13.7 Å². The molecule has 1 aromatic carbocycles. The molecule has 3 heterocycles. The number of hydrogen-bond donors (Lipinski definition) is 0. The summed E-state index contributed by atoms with van der Waals surface area (Å²) < 4.78 is 7.34. The number of amides is 1. The van der Waals surface area contributed by atoms with Gasteiger partial charge in [0.25, 0.3) is 0 Å². The fraction of sp³-hybridized carbons (Fsp3) is 0.300. The summed E-state index contributed by atoms with van der Waals surface area (Å²) in [4.78, 5) is 19.3. The third kappa shape index (κ3) is 3.09. The van der Waals surface area contributed by atoms with Gasteiger partial charge in [0.05, 0.1) is 25.0 Å². The van der Waals surface area contributed by atoms with Crippen molar-refractivity contribution >= 4 is 11.6 Å². The van der Waals surface area contributed by atoms with Gasteiger partial charge in [-0.2, -0.15) is 0 Å². The Bertz CT molecular complexity index is 916. The molecule has 0 atom stereocenters. The monoisotopic (exact) mass is 335 g/mol. The highest BCUT2D eigenvalue weighted by Crippen LogP contribution is 2.21. The highest BCUT2D eigenvalue weighted by atomic mass is 16.5. The minimum absolute atomic E-state index is 0.194. The van der Waals surface area contributed by atoms with E-state index in [2.05, 4.69) is 9.38 Å². The van der Waals surface area contributed by atoms with E-state index < -0.39 is 0 Å². The summed E-state index contributed by atoms with van der Waals surface area (Å²) in [5, 5.41) is 0. The van der Waals surface area contributed by atoms with E-state index in [0.717, 1.165) is 47.7 Å². The van der Waals surface area contributed by atoms with Crippen LogP contribution in [0.1, 0.15) is 23.4 Å². The van der Waals surface area contributed by atoms with Crippen molar-refractivity contribution < 1.29 is 9.53 Å². The molecule has 3 aromatic rings. The second kappa shape index (κ2) is 6.59.